The summed E-state index contributed by atoms with van der Waals surface area (Å²) < 4.78 is 1.39. The van der Waals surface area contributed by atoms with Gasteiger partial charge in [0.1, 0.15) is 11.4 Å². The Hall–Kier alpha value is -2.18. The molecule has 0 saturated carbocycles. The largest absolute Gasteiger partial charge is 0.323 e. The van der Waals surface area contributed by atoms with E-state index in [-0.39, 0.29) is 18.0 Å². The lowest BCUT2D eigenvalue weighted by Crippen LogP contribution is -2.28. The van der Waals surface area contributed by atoms with Gasteiger partial charge in [0.25, 0.3) is 5.56 Å². The van der Waals surface area contributed by atoms with Gasteiger partial charge in [-0.05, 0) is 61.8 Å². The van der Waals surface area contributed by atoms with E-state index in [0.717, 1.165) is 40.8 Å². The van der Waals surface area contributed by atoms with Crippen molar-refractivity contribution in [1.29, 1.82) is 0 Å². The zero-order valence-corrected chi connectivity index (χ0v) is 17.7. The van der Waals surface area contributed by atoms with Crippen molar-refractivity contribution in [2.75, 3.05) is 5.32 Å². The third-order valence-corrected chi connectivity index (χ3v) is 6.75. The number of aryl methyl sites for hydroxylation is 3. The Bertz CT molecular complexity index is 1130. The zero-order valence-electron chi connectivity index (χ0n) is 16.1. The molecule has 1 aliphatic carbocycles. The molecule has 3 aromatic rings. The lowest BCUT2D eigenvalue weighted by Gasteiger charge is -2.17. The van der Waals surface area contributed by atoms with Crippen LogP contribution in [0.3, 0.4) is 0 Å². The molecule has 1 aromatic carbocycles. The van der Waals surface area contributed by atoms with Crippen molar-refractivity contribution in [2.45, 2.75) is 46.6 Å². The number of hydrogen-bond donors (Lipinski definition) is 1. The molecule has 0 spiro atoms. The summed E-state index contributed by atoms with van der Waals surface area (Å²) in [5, 5.41) is 4.02. The number of amides is 1. The first kappa shape index (κ1) is 19.2. The van der Waals surface area contributed by atoms with Gasteiger partial charge in [0.05, 0.1) is 22.4 Å². The van der Waals surface area contributed by atoms with Gasteiger partial charge in [-0.2, -0.15) is 0 Å². The summed E-state index contributed by atoms with van der Waals surface area (Å²) >= 11 is 7.88. The summed E-state index contributed by atoms with van der Waals surface area (Å²) in [7, 11) is 0. The van der Waals surface area contributed by atoms with Crippen molar-refractivity contribution in [3.8, 4) is 0 Å². The minimum absolute atomic E-state index is 0.0908. The van der Waals surface area contributed by atoms with Gasteiger partial charge in [0.2, 0.25) is 5.91 Å². The number of anilines is 1. The van der Waals surface area contributed by atoms with Gasteiger partial charge in [-0.25, -0.2) is 4.98 Å². The molecule has 1 amide bonds. The molecule has 0 aliphatic heterocycles. The second-order valence-electron chi connectivity index (χ2n) is 7.70. The van der Waals surface area contributed by atoms with Crippen molar-refractivity contribution in [3.05, 3.63) is 55.4 Å². The lowest BCUT2D eigenvalue weighted by molar-refractivity contribution is -0.116. The second kappa shape index (κ2) is 7.33. The maximum Gasteiger partial charge on any atom is 0.262 e. The number of fused-ring (bicyclic) bond motifs is 3. The van der Waals surface area contributed by atoms with Crippen molar-refractivity contribution in [1.82, 2.24) is 9.55 Å². The highest BCUT2D eigenvalue weighted by Crippen LogP contribution is 2.35. The molecule has 4 rings (SSSR count). The number of halogens is 1. The van der Waals surface area contributed by atoms with E-state index in [2.05, 4.69) is 17.2 Å². The van der Waals surface area contributed by atoms with Crippen LogP contribution in [0.25, 0.3) is 10.2 Å². The van der Waals surface area contributed by atoms with E-state index >= 15 is 0 Å². The summed E-state index contributed by atoms with van der Waals surface area (Å²) in [6.45, 7) is 5.99. The number of rotatable bonds is 3. The van der Waals surface area contributed by atoms with E-state index in [9.17, 15) is 9.59 Å². The molecule has 0 bridgehead atoms. The summed E-state index contributed by atoms with van der Waals surface area (Å²) in [6.07, 6.45) is 4.46. The number of aromatic nitrogens is 2. The number of carbonyl (C=O) groups excluding carboxylic acids is 1. The Kier molecular flexibility index (Phi) is 5.02. The first-order valence-corrected chi connectivity index (χ1v) is 10.6. The number of nitrogens with one attached hydrogen (secondary N) is 1. The Morgan fingerprint density at radius 2 is 2.18 bits per heavy atom. The fraction of sp³-hybridized carbons (Fsp3) is 0.381. The monoisotopic (exact) mass is 415 g/mol. The fourth-order valence-electron chi connectivity index (χ4n) is 3.89. The SMILES string of the molecule is Cc1cc(C)c(NC(=O)Cn2cnc3sc4c(c3c2=O)CC[C@@H](C)C4)c(Cl)c1. The first-order chi connectivity index (χ1) is 13.3. The van der Waals surface area contributed by atoms with Crippen molar-refractivity contribution >= 4 is 44.7 Å². The normalized spacial score (nSPS) is 16.2. The predicted octanol–water partition coefficient (Wildman–Crippen LogP) is 4.49. The summed E-state index contributed by atoms with van der Waals surface area (Å²) in [5.41, 5.74) is 3.49. The van der Waals surface area contributed by atoms with E-state index in [1.807, 2.05) is 26.0 Å². The van der Waals surface area contributed by atoms with Gasteiger partial charge in [0, 0.05) is 4.88 Å². The molecular formula is C21H22ClN3O2S. The van der Waals surface area contributed by atoms with Crippen LogP contribution in [0.4, 0.5) is 5.69 Å². The van der Waals surface area contributed by atoms with Crippen molar-refractivity contribution in [2.24, 2.45) is 5.92 Å². The highest BCUT2D eigenvalue weighted by atomic mass is 35.5. The van der Waals surface area contributed by atoms with E-state index in [4.69, 9.17) is 11.6 Å². The van der Waals surface area contributed by atoms with E-state index in [1.165, 1.54) is 15.8 Å². The van der Waals surface area contributed by atoms with Crippen molar-refractivity contribution < 1.29 is 4.79 Å². The topological polar surface area (TPSA) is 64.0 Å². The highest BCUT2D eigenvalue weighted by molar-refractivity contribution is 7.18. The number of benzene rings is 1. The van der Waals surface area contributed by atoms with Crippen LogP contribution in [0.15, 0.2) is 23.3 Å². The standard InChI is InChI=1S/C21H22ClN3O2S/c1-11-4-5-14-16(8-11)28-20-18(14)21(27)25(10-23-20)9-17(26)24-19-13(3)6-12(2)7-15(19)22/h6-7,10-11H,4-5,8-9H2,1-3H3,(H,24,26)/t11-/m1/s1. The zero-order chi connectivity index (χ0) is 20.0. The van der Waals surface area contributed by atoms with Gasteiger partial charge in [-0.15, -0.1) is 11.3 Å². The maximum atomic E-state index is 13.0. The van der Waals surface area contributed by atoms with Crippen LogP contribution in [0.1, 0.15) is 34.9 Å². The molecule has 146 valence electrons. The molecule has 0 unspecified atom stereocenters. The van der Waals surface area contributed by atoms with Crippen molar-refractivity contribution in [3.63, 3.8) is 0 Å². The van der Waals surface area contributed by atoms with Gasteiger partial charge < -0.3 is 5.32 Å². The average molecular weight is 416 g/mol. The van der Waals surface area contributed by atoms with Crippen LogP contribution >= 0.6 is 22.9 Å². The predicted molar refractivity (Wildman–Crippen MR) is 115 cm³/mol. The molecule has 2 heterocycles. The average Bonchev–Trinajstić information content (AvgIpc) is 2.98. The number of thiophene rings is 1. The summed E-state index contributed by atoms with van der Waals surface area (Å²) in [5.74, 6) is 0.339. The molecular weight excluding hydrogens is 394 g/mol. The molecule has 0 saturated heterocycles. The van der Waals surface area contributed by atoms with Gasteiger partial charge in [-0.3, -0.25) is 14.2 Å². The Morgan fingerprint density at radius 1 is 1.39 bits per heavy atom. The molecule has 1 aliphatic rings. The molecule has 5 nitrogen and oxygen atoms in total. The second-order valence-corrected chi connectivity index (χ2v) is 9.19. The van der Waals surface area contributed by atoms with E-state index in [0.29, 0.717) is 22.0 Å². The Balaban J connectivity index is 1.63. The Labute approximate surface area is 172 Å². The number of carbonyl (C=O) groups is 1. The van der Waals surface area contributed by atoms with Crippen LogP contribution in [-0.2, 0) is 24.2 Å². The highest BCUT2D eigenvalue weighted by Gasteiger charge is 2.23. The molecule has 2 aromatic heterocycles. The van der Waals surface area contributed by atoms with Gasteiger partial charge in [-0.1, -0.05) is 24.6 Å². The number of hydrogen-bond acceptors (Lipinski definition) is 4. The maximum absolute atomic E-state index is 13.0. The van der Waals surface area contributed by atoms with Gasteiger partial charge in [0.15, 0.2) is 0 Å². The van der Waals surface area contributed by atoms with Crippen LogP contribution in [-0.4, -0.2) is 15.5 Å². The molecule has 0 radical (unpaired) electrons. The van der Waals surface area contributed by atoms with Crippen LogP contribution in [0.5, 0.6) is 0 Å². The molecule has 1 atom stereocenters. The quantitative estimate of drug-likeness (QED) is 0.685. The molecule has 7 heteroatoms. The first-order valence-electron chi connectivity index (χ1n) is 9.39. The smallest absolute Gasteiger partial charge is 0.262 e. The van der Waals surface area contributed by atoms with Crippen LogP contribution in [0, 0.1) is 19.8 Å². The fourth-order valence-corrected chi connectivity index (χ4v) is 5.60. The third kappa shape index (κ3) is 3.47. The Morgan fingerprint density at radius 3 is 2.93 bits per heavy atom. The molecule has 28 heavy (non-hydrogen) atoms. The minimum Gasteiger partial charge on any atom is -0.323 e. The minimum atomic E-state index is -0.296. The van der Waals surface area contributed by atoms with E-state index < -0.39 is 0 Å². The third-order valence-electron chi connectivity index (χ3n) is 5.29. The van der Waals surface area contributed by atoms with E-state index in [1.54, 1.807) is 11.3 Å². The number of nitrogens with zero attached hydrogens (tertiary/aromatic N) is 2. The summed E-state index contributed by atoms with van der Waals surface area (Å²) in [4.78, 5) is 32.1. The van der Waals surface area contributed by atoms with Crippen LogP contribution < -0.4 is 10.9 Å². The lowest BCUT2D eigenvalue weighted by atomic mass is 9.89. The molecule has 0 fully saturated rings. The van der Waals surface area contributed by atoms with Crippen LogP contribution in [0.2, 0.25) is 5.02 Å². The summed E-state index contributed by atoms with van der Waals surface area (Å²) in [6, 6.07) is 3.77. The van der Waals surface area contributed by atoms with Gasteiger partial charge >= 0.3 is 0 Å². The molecule has 1 N–H and O–H groups in total.